The lowest BCUT2D eigenvalue weighted by molar-refractivity contribution is 0.0705. The van der Waals surface area contributed by atoms with Gasteiger partial charge in [-0.2, -0.15) is 0 Å². The SMILES string of the molecule is Cc1cc(C(=O)N2CCCC(c3nc4ccccc4s3)C2)c(C)o1. The molecule has 1 fully saturated rings. The van der Waals surface area contributed by atoms with Crippen molar-refractivity contribution in [2.45, 2.75) is 32.6 Å². The van der Waals surface area contributed by atoms with E-state index in [9.17, 15) is 4.79 Å². The number of rotatable bonds is 2. The van der Waals surface area contributed by atoms with Crippen LogP contribution in [0.2, 0.25) is 0 Å². The number of carbonyl (C=O) groups is 1. The minimum atomic E-state index is 0.0789. The fourth-order valence-corrected chi connectivity index (χ4v) is 4.53. The van der Waals surface area contributed by atoms with Gasteiger partial charge in [0.1, 0.15) is 11.5 Å². The third-order valence-electron chi connectivity index (χ3n) is 4.64. The fourth-order valence-electron chi connectivity index (χ4n) is 3.44. The van der Waals surface area contributed by atoms with Gasteiger partial charge in [0.25, 0.3) is 5.91 Å². The molecule has 0 spiro atoms. The zero-order valence-electron chi connectivity index (χ0n) is 13.9. The number of aromatic nitrogens is 1. The Morgan fingerprint density at radius 3 is 2.92 bits per heavy atom. The Balaban J connectivity index is 1.57. The van der Waals surface area contributed by atoms with Gasteiger partial charge in [0, 0.05) is 19.0 Å². The Kier molecular flexibility index (Phi) is 3.88. The van der Waals surface area contributed by atoms with Crippen LogP contribution in [0.1, 0.15) is 45.6 Å². The number of likely N-dealkylation sites (tertiary alicyclic amines) is 1. The predicted molar refractivity (Wildman–Crippen MR) is 95.7 cm³/mol. The van der Waals surface area contributed by atoms with E-state index in [4.69, 9.17) is 9.40 Å². The van der Waals surface area contributed by atoms with Crippen molar-refractivity contribution in [3.05, 3.63) is 52.4 Å². The largest absolute Gasteiger partial charge is 0.466 e. The summed E-state index contributed by atoms with van der Waals surface area (Å²) in [5.41, 5.74) is 1.75. The molecule has 1 aliphatic heterocycles. The normalized spacial score (nSPS) is 18.2. The molecule has 0 radical (unpaired) electrons. The fraction of sp³-hybridized carbons (Fsp3) is 0.368. The maximum atomic E-state index is 12.8. The molecule has 1 aliphatic rings. The zero-order chi connectivity index (χ0) is 16.7. The molecular formula is C19H20N2O2S. The second-order valence-corrected chi connectivity index (χ2v) is 7.50. The van der Waals surface area contributed by atoms with Gasteiger partial charge in [-0.1, -0.05) is 12.1 Å². The van der Waals surface area contributed by atoms with Gasteiger partial charge in [0.2, 0.25) is 0 Å². The van der Waals surface area contributed by atoms with Gasteiger partial charge < -0.3 is 9.32 Å². The van der Waals surface area contributed by atoms with Gasteiger partial charge in [0.05, 0.1) is 20.8 Å². The van der Waals surface area contributed by atoms with Gasteiger partial charge in [0.15, 0.2) is 0 Å². The third-order valence-corrected chi connectivity index (χ3v) is 5.84. The minimum absolute atomic E-state index is 0.0789. The van der Waals surface area contributed by atoms with Crippen molar-refractivity contribution >= 4 is 27.5 Å². The van der Waals surface area contributed by atoms with Crippen LogP contribution in [0, 0.1) is 13.8 Å². The predicted octanol–water partition coefficient (Wildman–Crippen LogP) is 4.53. The molecule has 3 aromatic rings. The van der Waals surface area contributed by atoms with Crippen molar-refractivity contribution in [3.8, 4) is 0 Å². The van der Waals surface area contributed by atoms with Crippen molar-refractivity contribution in [2.75, 3.05) is 13.1 Å². The smallest absolute Gasteiger partial charge is 0.257 e. The highest BCUT2D eigenvalue weighted by molar-refractivity contribution is 7.18. The Hall–Kier alpha value is -2.14. The first kappa shape index (κ1) is 15.4. The van der Waals surface area contributed by atoms with E-state index in [0.29, 0.717) is 17.2 Å². The number of benzene rings is 1. The maximum Gasteiger partial charge on any atom is 0.257 e. The summed E-state index contributed by atoms with van der Waals surface area (Å²) in [7, 11) is 0. The quantitative estimate of drug-likeness (QED) is 0.689. The van der Waals surface area contributed by atoms with Gasteiger partial charge in [-0.15, -0.1) is 11.3 Å². The summed E-state index contributed by atoms with van der Waals surface area (Å²) in [6.07, 6.45) is 2.11. The molecule has 3 heterocycles. The van der Waals surface area contributed by atoms with Crippen LogP contribution in [0.3, 0.4) is 0 Å². The molecule has 1 aromatic carbocycles. The molecule has 0 saturated carbocycles. The molecule has 4 nitrogen and oxygen atoms in total. The molecule has 1 atom stereocenters. The number of para-hydroxylation sites is 1. The lowest BCUT2D eigenvalue weighted by Gasteiger charge is -2.31. The highest BCUT2D eigenvalue weighted by atomic mass is 32.1. The van der Waals surface area contributed by atoms with E-state index >= 15 is 0 Å². The number of nitrogens with zero attached hydrogens (tertiary/aromatic N) is 2. The number of carbonyl (C=O) groups excluding carboxylic acids is 1. The standard InChI is InChI=1S/C19H20N2O2S/c1-12-10-15(13(2)23-12)19(22)21-9-5-6-14(11-21)18-20-16-7-3-4-8-17(16)24-18/h3-4,7-8,10,14H,5-6,9,11H2,1-2H3. The molecule has 0 bridgehead atoms. The van der Waals surface area contributed by atoms with Crippen molar-refractivity contribution < 1.29 is 9.21 Å². The Morgan fingerprint density at radius 2 is 2.17 bits per heavy atom. The van der Waals surface area contributed by atoms with E-state index in [2.05, 4.69) is 12.1 Å². The van der Waals surface area contributed by atoms with Crippen molar-refractivity contribution in [3.63, 3.8) is 0 Å². The molecule has 24 heavy (non-hydrogen) atoms. The molecule has 5 heteroatoms. The van der Waals surface area contributed by atoms with Crippen molar-refractivity contribution in [1.82, 2.24) is 9.88 Å². The van der Waals surface area contributed by atoms with Gasteiger partial charge in [-0.05, 0) is 44.9 Å². The molecule has 1 saturated heterocycles. The number of aryl methyl sites for hydroxylation is 2. The molecule has 0 aliphatic carbocycles. The number of furan rings is 1. The summed E-state index contributed by atoms with van der Waals surface area (Å²) in [6, 6.07) is 10.1. The topological polar surface area (TPSA) is 46.3 Å². The van der Waals surface area contributed by atoms with Crippen LogP contribution in [0.5, 0.6) is 0 Å². The minimum Gasteiger partial charge on any atom is -0.466 e. The van der Waals surface area contributed by atoms with Crippen LogP contribution >= 0.6 is 11.3 Å². The first-order chi connectivity index (χ1) is 11.6. The number of amides is 1. The number of fused-ring (bicyclic) bond motifs is 1. The Morgan fingerprint density at radius 1 is 1.33 bits per heavy atom. The van der Waals surface area contributed by atoms with Crippen LogP contribution in [0.4, 0.5) is 0 Å². The average Bonchev–Trinajstić information content (AvgIpc) is 3.17. The highest BCUT2D eigenvalue weighted by Gasteiger charge is 2.29. The molecule has 2 aromatic heterocycles. The number of thiazole rings is 1. The van der Waals surface area contributed by atoms with E-state index in [0.717, 1.165) is 42.2 Å². The second-order valence-electron chi connectivity index (χ2n) is 6.44. The number of hydrogen-bond donors (Lipinski definition) is 0. The Bertz CT molecular complexity index is 863. The van der Waals surface area contributed by atoms with E-state index in [1.807, 2.05) is 36.9 Å². The Labute approximate surface area is 145 Å². The first-order valence-corrected chi connectivity index (χ1v) is 9.15. The average molecular weight is 340 g/mol. The lowest BCUT2D eigenvalue weighted by Crippen LogP contribution is -2.39. The monoisotopic (exact) mass is 340 g/mol. The molecule has 0 N–H and O–H groups in total. The second kappa shape index (κ2) is 6.06. The van der Waals surface area contributed by atoms with Crippen LogP contribution in [0.15, 0.2) is 34.7 Å². The summed E-state index contributed by atoms with van der Waals surface area (Å²) in [4.78, 5) is 19.6. The summed E-state index contributed by atoms with van der Waals surface area (Å²) >= 11 is 1.75. The van der Waals surface area contributed by atoms with E-state index < -0.39 is 0 Å². The molecule has 124 valence electrons. The number of hydrogen-bond acceptors (Lipinski definition) is 4. The summed E-state index contributed by atoms with van der Waals surface area (Å²) < 4.78 is 6.74. The first-order valence-electron chi connectivity index (χ1n) is 8.33. The lowest BCUT2D eigenvalue weighted by atomic mass is 9.98. The van der Waals surface area contributed by atoms with Gasteiger partial charge in [-0.3, -0.25) is 4.79 Å². The van der Waals surface area contributed by atoms with Crippen molar-refractivity contribution in [1.29, 1.82) is 0 Å². The van der Waals surface area contributed by atoms with Crippen molar-refractivity contribution in [2.24, 2.45) is 0 Å². The summed E-state index contributed by atoms with van der Waals surface area (Å²) in [5.74, 6) is 1.90. The summed E-state index contributed by atoms with van der Waals surface area (Å²) in [5, 5.41) is 1.15. The molecule has 1 amide bonds. The van der Waals surface area contributed by atoms with Crippen LogP contribution in [-0.4, -0.2) is 28.9 Å². The molecular weight excluding hydrogens is 320 g/mol. The van der Waals surface area contributed by atoms with E-state index in [-0.39, 0.29) is 5.91 Å². The highest BCUT2D eigenvalue weighted by Crippen LogP contribution is 2.33. The summed E-state index contributed by atoms with van der Waals surface area (Å²) in [6.45, 7) is 5.28. The third kappa shape index (κ3) is 2.73. The number of piperidine rings is 1. The molecule has 4 rings (SSSR count). The molecule has 1 unspecified atom stereocenters. The maximum absolute atomic E-state index is 12.8. The van der Waals surface area contributed by atoms with Crippen LogP contribution in [0.25, 0.3) is 10.2 Å². The zero-order valence-corrected chi connectivity index (χ0v) is 14.7. The van der Waals surface area contributed by atoms with E-state index in [1.165, 1.54) is 4.70 Å². The van der Waals surface area contributed by atoms with E-state index in [1.54, 1.807) is 11.3 Å². The van der Waals surface area contributed by atoms with Crippen LogP contribution < -0.4 is 0 Å². The van der Waals surface area contributed by atoms with Gasteiger partial charge in [-0.25, -0.2) is 4.98 Å². The van der Waals surface area contributed by atoms with Crippen LogP contribution in [-0.2, 0) is 0 Å². The van der Waals surface area contributed by atoms with Gasteiger partial charge >= 0.3 is 0 Å².